The third kappa shape index (κ3) is 2.95. The summed E-state index contributed by atoms with van der Waals surface area (Å²) >= 11 is 6.82. The lowest BCUT2D eigenvalue weighted by Gasteiger charge is -2.24. The summed E-state index contributed by atoms with van der Waals surface area (Å²) in [6, 6.07) is 3.85. The van der Waals surface area contributed by atoms with Gasteiger partial charge in [-0.1, -0.05) is 15.9 Å². The zero-order chi connectivity index (χ0) is 15.2. The van der Waals surface area contributed by atoms with Crippen LogP contribution in [0.4, 0.5) is 0 Å². The molecular formula is C14H18Br2N2O2S. The molecule has 0 saturated carbocycles. The van der Waals surface area contributed by atoms with Gasteiger partial charge in [-0.05, 0) is 65.9 Å². The molecule has 21 heavy (non-hydrogen) atoms. The zero-order valence-corrected chi connectivity index (χ0v) is 15.8. The van der Waals surface area contributed by atoms with E-state index in [1.807, 2.05) is 13.0 Å². The molecule has 0 aromatic heterocycles. The van der Waals surface area contributed by atoms with Gasteiger partial charge in [-0.25, -0.2) is 8.42 Å². The highest BCUT2D eigenvalue weighted by Crippen LogP contribution is 2.34. The third-order valence-electron chi connectivity index (χ3n) is 4.40. The van der Waals surface area contributed by atoms with Crippen LogP contribution in [0, 0.1) is 12.8 Å². The van der Waals surface area contributed by atoms with Crippen molar-refractivity contribution in [1.29, 1.82) is 0 Å². The van der Waals surface area contributed by atoms with Crippen molar-refractivity contribution in [2.24, 2.45) is 5.92 Å². The van der Waals surface area contributed by atoms with Gasteiger partial charge >= 0.3 is 0 Å². The smallest absolute Gasteiger partial charge is 0.244 e. The van der Waals surface area contributed by atoms with E-state index in [1.165, 1.54) is 0 Å². The Kier molecular flexibility index (Phi) is 4.49. The minimum absolute atomic E-state index is 0.307. The molecule has 2 heterocycles. The molecule has 7 heteroatoms. The Labute approximate surface area is 142 Å². The topological polar surface area (TPSA) is 49.4 Å². The summed E-state index contributed by atoms with van der Waals surface area (Å²) in [5.41, 5.74) is 1.01. The van der Waals surface area contributed by atoms with E-state index in [1.54, 1.807) is 10.4 Å². The number of benzene rings is 1. The summed E-state index contributed by atoms with van der Waals surface area (Å²) in [5.74, 6) is 0.446. The van der Waals surface area contributed by atoms with Gasteiger partial charge < -0.3 is 5.32 Å². The molecule has 0 radical (unpaired) electrons. The molecule has 0 amide bonds. The van der Waals surface area contributed by atoms with Crippen LogP contribution in [0.2, 0.25) is 0 Å². The number of piperidine rings is 1. The second-order valence-electron chi connectivity index (χ2n) is 5.82. The molecule has 2 saturated heterocycles. The molecule has 4 nitrogen and oxygen atoms in total. The van der Waals surface area contributed by atoms with Crippen molar-refractivity contribution >= 4 is 41.9 Å². The van der Waals surface area contributed by atoms with E-state index in [0.29, 0.717) is 34.4 Å². The maximum absolute atomic E-state index is 12.9. The summed E-state index contributed by atoms with van der Waals surface area (Å²) in [6.07, 6.45) is 2.25. The van der Waals surface area contributed by atoms with Crippen LogP contribution in [0.3, 0.4) is 0 Å². The third-order valence-corrected chi connectivity index (χ3v) is 8.04. The van der Waals surface area contributed by atoms with Gasteiger partial charge in [0.15, 0.2) is 0 Å². The number of fused-ring (bicyclic) bond motifs is 1. The molecule has 2 aliphatic heterocycles. The summed E-state index contributed by atoms with van der Waals surface area (Å²) < 4.78 is 28.9. The number of rotatable bonds is 2. The second-order valence-corrected chi connectivity index (χ2v) is 9.43. The first-order valence-corrected chi connectivity index (χ1v) is 10.1. The van der Waals surface area contributed by atoms with Crippen LogP contribution in [0.15, 0.2) is 26.0 Å². The number of nitrogens with zero attached hydrogens (tertiary/aromatic N) is 1. The summed E-state index contributed by atoms with van der Waals surface area (Å²) in [4.78, 5) is 0.346. The van der Waals surface area contributed by atoms with Gasteiger partial charge in [-0.2, -0.15) is 4.31 Å². The van der Waals surface area contributed by atoms with Crippen LogP contribution in [-0.2, 0) is 10.0 Å². The van der Waals surface area contributed by atoms with Gasteiger partial charge in [0.1, 0.15) is 0 Å². The molecule has 0 spiro atoms. The van der Waals surface area contributed by atoms with E-state index < -0.39 is 10.0 Å². The van der Waals surface area contributed by atoms with Crippen LogP contribution < -0.4 is 5.32 Å². The lowest BCUT2D eigenvalue weighted by Crippen LogP contribution is -2.41. The molecule has 116 valence electrons. The Hall–Kier alpha value is 0.0500. The van der Waals surface area contributed by atoms with Crippen LogP contribution in [0.5, 0.6) is 0 Å². The number of aryl methyl sites for hydroxylation is 1. The Bertz CT molecular complexity index is 649. The molecule has 1 aromatic rings. The molecule has 0 bridgehead atoms. The van der Waals surface area contributed by atoms with E-state index in [-0.39, 0.29) is 0 Å². The Morgan fingerprint density at radius 2 is 2.00 bits per heavy atom. The molecule has 3 rings (SSSR count). The molecule has 2 atom stereocenters. The molecule has 0 aliphatic carbocycles. The normalized spacial score (nSPS) is 26.8. The number of halogens is 2. The first-order valence-electron chi connectivity index (χ1n) is 7.09. The van der Waals surface area contributed by atoms with Crippen molar-refractivity contribution in [2.45, 2.75) is 30.7 Å². The molecule has 2 aliphatic rings. The first-order chi connectivity index (χ1) is 9.89. The van der Waals surface area contributed by atoms with Crippen LogP contribution in [-0.4, -0.2) is 38.4 Å². The van der Waals surface area contributed by atoms with Crippen LogP contribution >= 0.6 is 31.9 Å². The average molecular weight is 438 g/mol. The van der Waals surface area contributed by atoms with Gasteiger partial charge in [0, 0.05) is 28.1 Å². The quantitative estimate of drug-likeness (QED) is 0.773. The van der Waals surface area contributed by atoms with Gasteiger partial charge in [0.25, 0.3) is 0 Å². The Morgan fingerprint density at radius 1 is 1.24 bits per heavy atom. The molecular weight excluding hydrogens is 420 g/mol. The molecule has 1 N–H and O–H groups in total. The lowest BCUT2D eigenvalue weighted by molar-refractivity contribution is 0.339. The van der Waals surface area contributed by atoms with E-state index in [0.717, 1.165) is 29.4 Å². The number of hydrogen-bond acceptors (Lipinski definition) is 3. The predicted octanol–water partition coefficient (Wildman–Crippen LogP) is 2.89. The maximum atomic E-state index is 12.9. The first kappa shape index (κ1) is 15.9. The largest absolute Gasteiger partial charge is 0.312 e. The van der Waals surface area contributed by atoms with Gasteiger partial charge in [0.2, 0.25) is 10.0 Å². The molecule has 1 aromatic carbocycles. The van der Waals surface area contributed by atoms with Gasteiger partial charge in [-0.3, -0.25) is 0 Å². The summed E-state index contributed by atoms with van der Waals surface area (Å²) in [7, 11) is -3.45. The number of nitrogens with one attached hydrogen (secondary N) is 1. The van der Waals surface area contributed by atoms with E-state index in [4.69, 9.17) is 0 Å². The summed E-state index contributed by atoms with van der Waals surface area (Å²) in [5, 5.41) is 3.44. The highest BCUT2D eigenvalue weighted by molar-refractivity contribution is 9.11. The van der Waals surface area contributed by atoms with Gasteiger partial charge in [-0.15, -0.1) is 0 Å². The molecule has 2 fully saturated rings. The monoisotopic (exact) mass is 436 g/mol. The summed E-state index contributed by atoms with van der Waals surface area (Å²) in [6.45, 7) is 4.14. The van der Waals surface area contributed by atoms with Crippen molar-refractivity contribution in [3.8, 4) is 0 Å². The van der Waals surface area contributed by atoms with E-state index >= 15 is 0 Å². The fourth-order valence-corrected chi connectivity index (χ4v) is 6.33. The highest BCUT2D eigenvalue weighted by atomic mass is 79.9. The zero-order valence-electron chi connectivity index (χ0n) is 11.8. The maximum Gasteiger partial charge on any atom is 0.244 e. The SMILES string of the molecule is Cc1cc(Br)c(S(=O)(=O)N2C[C@@H]3CCCN[C@@H]3C2)cc1Br. The highest BCUT2D eigenvalue weighted by Gasteiger charge is 2.40. The van der Waals surface area contributed by atoms with Crippen LogP contribution in [0.25, 0.3) is 0 Å². The van der Waals surface area contributed by atoms with Crippen molar-refractivity contribution < 1.29 is 8.42 Å². The van der Waals surface area contributed by atoms with E-state index in [9.17, 15) is 8.42 Å². The molecule has 0 unspecified atom stereocenters. The van der Waals surface area contributed by atoms with E-state index in [2.05, 4.69) is 37.2 Å². The standard InChI is InChI=1S/C14H18Br2N2O2S/c1-9-5-12(16)14(6-11(9)15)21(19,20)18-7-10-3-2-4-17-13(10)8-18/h5-6,10,13,17H,2-4,7-8H2,1H3/t10-,13+/m0/s1. The predicted molar refractivity (Wildman–Crippen MR) is 89.9 cm³/mol. The minimum atomic E-state index is -3.45. The van der Waals surface area contributed by atoms with Crippen molar-refractivity contribution in [1.82, 2.24) is 9.62 Å². The van der Waals surface area contributed by atoms with Crippen molar-refractivity contribution in [3.63, 3.8) is 0 Å². The number of hydrogen-bond donors (Lipinski definition) is 1. The lowest BCUT2D eigenvalue weighted by atomic mass is 9.94. The van der Waals surface area contributed by atoms with Gasteiger partial charge in [0.05, 0.1) is 4.90 Å². The Morgan fingerprint density at radius 3 is 2.71 bits per heavy atom. The fourth-order valence-electron chi connectivity index (χ4n) is 3.17. The second kappa shape index (κ2) is 5.92. The van der Waals surface area contributed by atoms with Crippen molar-refractivity contribution in [3.05, 3.63) is 26.6 Å². The fraction of sp³-hybridized carbons (Fsp3) is 0.571. The average Bonchev–Trinajstić information content (AvgIpc) is 2.87. The van der Waals surface area contributed by atoms with Crippen molar-refractivity contribution in [2.75, 3.05) is 19.6 Å². The Balaban J connectivity index is 1.93. The van der Waals surface area contributed by atoms with Crippen LogP contribution in [0.1, 0.15) is 18.4 Å². The number of sulfonamides is 1. The minimum Gasteiger partial charge on any atom is -0.312 e.